The molecule has 0 aliphatic heterocycles. The summed E-state index contributed by atoms with van der Waals surface area (Å²) in [5.41, 5.74) is 1.88. The number of hydrogen-bond acceptors (Lipinski definition) is 3. The molecule has 1 unspecified atom stereocenters. The maximum Gasteiger partial charge on any atom is 0.387 e. The van der Waals surface area contributed by atoms with Crippen molar-refractivity contribution in [1.29, 1.82) is 0 Å². The molecule has 0 saturated carbocycles. The summed E-state index contributed by atoms with van der Waals surface area (Å²) >= 11 is 0. The van der Waals surface area contributed by atoms with E-state index >= 15 is 0 Å². The van der Waals surface area contributed by atoms with Crippen LogP contribution in [0.3, 0.4) is 0 Å². The second-order valence-corrected chi connectivity index (χ2v) is 4.99. The number of ether oxygens (including phenoxy) is 1. The van der Waals surface area contributed by atoms with Gasteiger partial charge in [-0.1, -0.05) is 30.3 Å². The smallest absolute Gasteiger partial charge is 0.387 e. The highest BCUT2D eigenvalue weighted by molar-refractivity contribution is 5.95. The van der Waals surface area contributed by atoms with Crippen LogP contribution in [0.4, 0.5) is 8.78 Å². The molecule has 0 fully saturated rings. The van der Waals surface area contributed by atoms with E-state index in [0.29, 0.717) is 11.1 Å². The normalized spacial score (nSPS) is 12.0. The minimum absolute atomic E-state index is 0.0138. The van der Waals surface area contributed by atoms with Gasteiger partial charge in [-0.3, -0.25) is 4.79 Å². The number of alkyl halides is 2. The fourth-order valence-corrected chi connectivity index (χ4v) is 2.10. The minimum atomic E-state index is -2.89. The van der Waals surface area contributed by atoms with E-state index in [4.69, 9.17) is 0 Å². The van der Waals surface area contributed by atoms with Crippen molar-refractivity contribution in [3.05, 3.63) is 65.2 Å². The van der Waals surface area contributed by atoms with E-state index in [-0.39, 0.29) is 18.2 Å². The Morgan fingerprint density at radius 3 is 2.43 bits per heavy atom. The zero-order valence-electron chi connectivity index (χ0n) is 12.5. The molecule has 1 atom stereocenters. The molecule has 0 radical (unpaired) electrons. The van der Waals surface area contributed by atoms with E-state index < -0.39 is 12.7 Å². The van der Waals surface area contributed by atoms with E-state index in [0.717, 1.165) is 5.56 Å². The zero-order valence-corrected chi connectivity index (χ0v) is 12.5. The Bertz CT molecular complexity index is 659. The van der Waals surface area contributed by atoms with Gasteiger partial charge in [0.15, 0.2) is 0 Å². The molecule has 0 aliphatic carbocycles. The maximum atomic E-state index is 12.1. The predicted octanol–water partition coefficient (Wildman–Crippen LogP) is 3.06. The van der Waals surface area contributed by atoms with Crippen LogP contribution in [-0.4, -0.2) is 24.2 Å². The summed E-state index contributed by atoms with van der Waals surface area (Å²) in [5.74, 6) is -0.264. The lowest BCUT2D eigenvalue weighted by molar-refractivity contribution is -0.0498. The average molecular weight is 321 g/mol. The van der Waals surface area contributed by atoms with Crippen molar-refractivity contribution in [3.8, 4) is 5.75 Å². The Kier molecular flexibility index (Phi) is 5.65. The first-order valence-corrected chi connectivity index (χ1v) is 7.04. The maximum absolute atomic E-state index is 12.1. The summed E-state index contributed by atoms with van der Waals surface area (Å²) in [6, 6.07) is 12.8. The number of aliphatic hydroxyl groups is 1. The van der Waals surface area contributed by atoms with Gasteiger partial charge < -0.3 is 15.2 Å². The monoisotopic (exact) mass is 321 g/mol. The molecule has 23 heavy (non-hydrogen) atoms. The van der Waals surface area contributed by atoms with Crippen molar-refractivity contribution in [2.45, 2.75) is 19.6 Å². The average Bonchev–Trinajstić information content (AvgIpc) is 2.53. The van der Waals surface area contributed by atoms with E-state index in [1.54, 1.807) is 12.1 Å². The molecule has 6 heteroatoms. The summed E-state index contributed by atoms with van der Waals surface area (Å²) < 4.78 is 28.4. The number of rotatable bonds is 6. The van der Waals surface area contributed by atoms with Crippen LogP contribution in [0.1, 0.15) is 27.6 Å². The topological polar surface area (TPSA) is 58.6 Å². The summed E-state index contributed by atoms with van der Waals surface area (Å²) in [7, 11) is 0. The molecule has 122 valence electrons. The molecule has 2 aromatic rings. The molecule has 0 aliphatic rings. The SMILES string of the molecule is Cc1ccccc1C(=O)NCC(O)c1ccc(OC(F)F)cc1. The molecule has 0 spiro atoms. The molecule has 4 nitrogen and oxygen atoms in total. The number of halogens is 2. The van der Waals surface area contributed by atoms with Crippen LogP contribution in [0.25, 0.3) is 0 Å². The first-order chi connectivity index (χ1) is 11.0. The largest absolute Gasteiger partial charge is 0.435 e. The van der Waals surface area contributed by atoms with Crippen LogP contribution < -0.4 is 10.1 Å². The van der Waals surface area contributed by atoms with Gasteiger partial charge in [-0.15, -0.1) is 0 Å². The number of benzene rings is 2. The van der Waals surface area contributed by atoms with Crippen LogP contribution in [-0.2, 0) is 0 Å². The minimum Gasteiger partial charge on any atom is -0.435 e. The Hall–Kier alpha value is -2.47. The van der Waals surface area contributed by atoms with E-state index in [1.165, 1.54) is 24.3 Å². The molecule has 2 aromatic carbocycles. The van der Waals surface area contributed by atoms with Crippen molar-refractivity contribution in [1.82, 2.24) is 5.32 Å². The summed E-state index contributed by atoms with van der Waals surface area (Å²) in [6.07, 6.45) is -0.941. The van der Waals surface area contributed by atoms with Crippen molar-refractivity contribution in [2.24, 2.45) is 0 Å². The van der Waals surface area contributed by atoms with Crippen LogP contribution in [0.15, 0.2) is 48.5 Å². The second kappa shape index (κ2) is 7.69. The molecular formula is C17H17F2NO3. The fourth-order valence-electron chi connectivity index (χ4n) is 2.10. The van der Waals surface area contributed by atoms with Crippen molar-refractivity contribution in [3.63, 3.8) is 0 Å². The van der Waals surface area contributed by atoms with Crippen molar-refractivity contribution in [2.75, 3.05) is 6.54 Å². The van der Waals surface area contributed by atoms with Gasteiger partial charge in [-0.05, 0) is 36.2 Å². The highest BCUT2D eigenvalue weighted by Crippen LogP contribution is 2.19. The lowest BCUT2D eigenvalue weighted by Crippen LogP contribution is -2.28. The fraction of sp³-hybridized carbons (Fsp3) is 0.235. The Morgan fingerprint density at radius 2 is 1.83 bits per heavy atom. The quantitative estimate of drug-likeness (QED) is 0.860. The number of aryl methyl sites for hydroxylation is 1. The number of aliphatic hydroxyl groups excluding tert-OH is 1. The van der Waals surface area contributed by atoms with E-state index in [9.17, 15) is 18.7 Å². The summed E-state index contributed by atoms with van der Waals surface area (Å²) in [6.45, 7) is -1.05. The third kappa shape index (κ3) is 4.75. The highest BCUT2D eigenvalue weighted by atomic mass is 19.3. The van der Waals surface area contributed by atoms with Crippen molar-refractivity contribution >= 4 is 5.91 Å². The molecule has 1 amide bonds. The number of hydrogen-bond donors (Lipinski definition) is 2. The number of carbonyl (C=O) groups excluding carboxylic acids is 1. The molecule has 2 rings (SSSR count). The van der Waals surface area contributed by atoms with Gasteiger partial charge >= 0.3 is 6.61 Å². The Balaban J connectivity index is 1.93. The Labute approximate surface area is 132 Å². The number of nitrogens with one attached hydrogen (secondary N) is 1. The lowest BCUT2D eigenvalue weighted by atomic mass is 10.1. The van der Waals surface area contributed by atoms with Crippen molar-refractivity contribution < 1.29 is 23.4 Å². The lowest BCUT2D eigenvalue weighted by Gasteiger charge is -2.14. The molecular weight excluding hydrogens is 304 g/mol. The first-order valence-electron chi connectivity index (χ1n) is 7.04. The van der Waals surface area contributed by atoms with Gasteiger partial charge in [0, 0.05) is 12.1 Å². The Morgan fingerprint density at radius 1 is 1.17 bits per heavy atom. The zero-order chi connectivity index (χ0) is 16.8. The standard InChI is InChI=1S/C17H17F2NO3/c1-11-4-2-3-5-14(11)16(22)20-10-15(21)12-6-8-13(9-7-12)23-17(18)19/h2-9,15,17,21H,10H2,1H3,(H,20,22). The highest BCUT2D eigenvalue weighted by Gasteiger charge is 2.13. The van der Waals surface area contributed by atoms with Crippen LogP contribution >= 0.6 is 0 Å². The van der Waals surface area contributed by atoms with Gasteiger partial charge in [-0.25, -0.2) is 0 Å². The van der Waals surface area contributed by atoms with Gasteiger partial charge in [0.25, 0.3) is 5.91 Å². The van der Waals surface area contributed by atoms with Crippen LogP contribution in [0, 0.1) is 6.92 Å². The molecule has 2 N–H and O–H groups in total. The van der Waals surface area contributed by atoms with E-state index in [2.05, 4.69) is 10.1 Å². The van der Waals surface area contributed by atoms with Gasteiger partial charge in [0.2, 0.25) is 0 Å². The molecule has 0 bridgehead atoms. The predicted molar refractivity (Wildman–Crippen MR) is 81.5 cm³/mol. The van der Waals surface area contributed by atoms with Crippen LogP contribution in [0.5, 0.6) is 5.75 Å². The molecule has 0 aromatic heterocycles. The molecule has 0 heterocycles. The van der Waals surface area contributed by atoms with Crippen LogP contribution in [0.2, 0.25) is 0 Å². The molecule has 0 saturated heterocycles. The second-order valence-electron chi connectivity index (χ2n) is 4.99. The van der Waals surface area contributed by atoms with Gasteiger partial charge in [-0.2, -0.15) is 8.78 Å². The van der Waals surface area contributed by atoms with Gasteiger partial charge in [0.1, 0.15) is 5.75 Å². The third-order valence-corrected chi connectivity index (χ3v) is 3.34. The summed E-state index contributed by atoms with van der Waals surface area (Å²) in [5, 5.41) is 12.7. The third-order valence-electron chi connectivity index (χ3n) is 3.34. The van der Waals surface area contributed by atoms with Gasteiger partial charge in [0.05, 0.1) is 6.10 Å². The number of carbonyl (C=O) groups is 1. The first kappa shape index (κ1) is 16.9. The summed E-state index contributed by atoms with van der Waals surface area (Å²) in [4.78, 5) is 12.1. The van der Waals surface area contributed by atoms with E-state index in [1.807, 2.05) is 19.1 Å². The number of amides is 1.